The lowest BCUT2D eigenvalue weighted by molar-refractivity contribution is 0.900. The first-order chi connectivity index (χ1) is 8.74. The molecule has 0 saturated carbocycles. The lowest BCUT2D eigenvalue weighted by Gasteiger charge is -2.18. The average Bonchev–Trinajstić information content (AvgIpc) is 2.97. The van der Waals surface area contributed by atoms with Crippen LogP contribution in [0, 0.1) is 0 Å². The number of hydrogen-bond acceptors (Lipinski definition) is 4. The Hall–Kier alpha value is -1.40. The molecule has 0 amide bonds. The van der Waals surface area contributed by atoms with Crippen molar-refractivity contribution in [3.8, 4) is 0 Å². The quantitative estimate of drug-likeness (QED) is 0.742. The molecule has 0 aliphatic heterocycles. The number of imidazole rings is 1. The van der Waals surface area contributed by atoms with Crippen molar-refractivity contribution in [2.24, 2.45) is 0 Å². The highest BCUT2D eigenvalue weighted by Crippen LogP contribution is 2.22. The Morgan fingerprint density at radius 1 is 1.50 bits per heavy atom. The third kappa shape index (κ3) is 2.13. The monoisotopic (exact) mass is 322 g/mol. The van der Waals surface area contributed by atoms with Crippen molar-refractivity contribution in [2.75, 3.05) is 11.9 Å². The van der Waals surface area contributed by atoms with Crippen LogP contribution in [0.5, 0.6) is 0 Å². The van der Waals surface area contributed by atoms with Crippen molar-refractivity contribution in [3.63, 3.8) is 0 Å². The highest BCUT2D eigenvalue weighted by atomic mass is 79.9. The van der Waals surface area contributed by atoms with Crippen LogP contribution >= 0.6 is 27.3 Å². The van der Waals surface area contributed by atoms with Gasteiger partial charge in [-0.3, -0.25) is 0 Å². The topological polar surface area (TPSA) is 33.4 Å². The fourth-order valence-electron chi connectivity index (χ4n) is 1.85. The van der Waals surface area contributed by atoms with Crippen molar-refractivity contribution in [1.82, 2.24) is 14.4 Å². The van der Waals surface area contributed by atoms with Gasteiger partial charge in [0.15, 0.2) is 11.5 Å². The second kappa shape index (κ2) is 4.70. The van der Waals surface area contributed by atoms with Gasteiger partial charge in [0.1, 0.15) is 4.60 Å². The van der Waals surface area contributed by atoms with Crippen LogP contribution in [0.2, 0.25) is 0 Å². The molecule has 0 spiro atoms. The number of thiophene rings is 1. The lowest BCUT2D eigenvalue weighted by atomic mass is 10.4. The van der Waals surface area contributed by atoms with E-state index in [1.165, 1.54) is 4.88 Å². The van der Waals surface area contributed by atoms with E-state index in [1.807, 2.05) is 23.8 Å². The molecule has 0 aromatic carbocycles. The maximum Gasteiger partial charge on any atom is 0.180 e. The second-order valence-corrected chi connectivity index (χ2v) is 5.83. The van der Waals surface area contributed by atoms with E-state index in [0.29, 0.717) is 0 Å². The van der Waals surface area contributed by atoms with Gasteiger partial charge >= 0.3 is 0 Å². The van der Waals surface area contributed by atoms with E-state index < -0.39 is 0 Å². The van der Waals surface area contributed by atoms with Crippen LogP contribution < -0.4 is 4.90 Å². The van der Waals surface area contributed by atoms with Gasteiger partial charge in [-0.25, -0.2) is 9.97 Å². The molecule has 18 heavy (non-hydrogen) atoms. The molecule has 3 rings (SSSR count). The molecule has 0 saturated heterocycles. The molecule has 0 radical (unpaired) electrons. The lowest BCUT2D eigenvalue weighted by Crippen LogP contribution is -2.18. The third-order valence-corrected chi connectivity index (χ3v) is 3.90. The van der Waals surface area contributed by atoms with Crippen molar-refractivity contribution in [2.45, 2.75) is 6.54 Å². The van der Waals surface area contributed by atoms with Gasteiger partial charge in [0, 0.05) is 30.5 Å². The first-order valence-corrected chi connectivity index (χ1v) is 7.14. The molecule has 0 aliphatic carbocycles. The Balaban J connectivity index is 2.00. The summed E-state index contributed by atoms with van der Waals surface area (Å²) >= 11 is 5.18. The van der Waals surface area contributed by atoms with Gasteiger partial charge in [0.2, 0.25) is 0 Å². The van der Waals surface area contributed by atoms with Gasteiger partial charge in [-0.05, 0) is 27.4 Å². The highest BCUT2D eigenvalue weighted by molar-refractivity contribution is 9.10. The van der Waals surface area contributed by atoms with E-state index in [-0.39, 0.29) is 0 Å². The average molecular weight is 323 g/mol. The Morgan fingerprint density at radius 3 is 3.17 bits per heavy atom. The zero-order valence-corrected chi connectivity index (χ0v) is 12.1. The van der Waals surface area contributed by atoms with E-state index >= 15 is 0 Å². The predicted molar refractivity (Wildman–Crippen MR) is 77.1 cm³/mol. The molecule has 3 heterocycles. The number of fused-ring (bicyclic) bond motifs is 1. The smallest absolute Gasteiger partial charge is 0.180 e. The molecule has 6 heteroatoms. The first-order valence-electron chi connectivity index (χ1n) is 5.47. The normalized spacial score (nSPS) is 11.0. The van der Waals surface area contributed by atoms with Crippen molar-refractivity contribution in [1.29, 1.82) is 0 Å². The summed E-state index contributed by atoms with van der Waals surface area (Å²) in [4.78, 5) is 12.3. The molecular formula is C12H11BrN4S. The summed E-state index contributed by atoms with van der Waals surface area (Å²) in [7, 11) is 2.03. The fourth-order valence-corrected chi connectivity index (χ4v) is 3.00. The van der Waals surface area contributed by atoms with Crippen molar-refractivity contribution >= 4 is 38.7 Å². The van der Waals surface area contributed by atoms with Crippen LogP contribution in [0.15, 0.2) is 40.7 Å². The minimum absolute atomic E-state index is 0.807. The first kappa shape index (κ1) is 11.7. The Bertz CT molecular complexity index is 662. The summed E-state index contributed by atoms with van der Waals surface area (Å²) < 4.78 is 2.78. The number of anilines is 1. The van der Waals surface area contributed by atoms with E-state index in [4.69, 9.17) is 0 Å². The van der Waals surface area contributed by atoms with Gasteiger partial charge in [-0.15, -0.1) is 11.3 Å². The SMILES string of the molecule is CN(Cc1cccs1)c1nc(Br)cn2ccnc12. The number of aromatic nitrogens is 3. The van der Waals surface area contributed by atoms with Crippen LogP contribution in [-0.2, 0) is 6.54 Å². The molecule has 0 bridgehead atoms. The molecule has 0 atom stereocenters. The van der Waals surface area contributed by atoms with Crippen LogP contribution in [0.3, 0.4) is 0 Å². The van der Waals surface area contributed by atoms with E-state index in [9.17, 15) is 0 Å². The molecule has 3 aromatic heterocycles. The van der Waals surface area contributed by atoms with Crippen LogP contribution in [0.25, 0.3) is 5.65 Å². The molecule has 0 aliphatic rings. The minimum atomic E-state index is 0.807. The van der Waals surface area contributed by atoms with Crippen molar-refractivity contribution in [3.05, 3.63) is 45.6 Å². The largest absolute Gasteiger partial charge is 0.351 e. The summed E-state index contributed by atoms with van der Waals surface area (Å²) in [6.45, 7) is 0.837. The van der Waals surface area contributed by atoms with Gasteiger partial charge in [-0.2, -0.15) is 0 Å². The van der Waals surface area contributed by atoms with Crippen LogP contribution in [-0.4, -0.2) is 21.4 Å². The summed E-state index contributed by atoms with van der Waals surface area (Å²) in [5.74, 6) is 0.878. The maximum absolute atomic E-state index is 4.52. The summed E-state index contributed by atoms with van der Waals surface area (Å²) in [5, 5.41) is 2.09. The molecular weight excluding hydrogens is 312 g/mol. The van der Waals surface area contributed by atoms with Crippen molar-refractivity contribution < 1.29 is 0 Å². The Morgan fingerprint density at radius 2 is 2.39 bits per heavy atom. The number of halogens is 1. The highest BCUT2D eigenvalue weighted by Gasteiger charge is 2.11. The van der Waals surface area contributed by atoms with Gasteiger partial charge in [0.05, 0.1) is 6.54 Å². The zero-order chi connectivity index (χ0) is 12.5. The van der Waals surface area contributed by atoms with Gasteiger partial charge < -0.3 is 9.30 Å². The molecule has 0 fully saturated rings. The second-order valence-electron chi connectivity index (χ2n) is 3.98. The summed E-state index contributed by atoms with van der Waals surface area (Å²) in [5.41, 5.74) is 0.872. The molecule has 4 nitrogen and oxygen atoms in total. The zero-order valence-electron chi connectivity index (χ0n) is 9.75. The summed E-state index contributed by atoms with van der Waals surface area (Å²) in [6, 6.07) is 4.19. The fraction of sp³-hybridized carbons (Fsp3) is 0.167. The Labute approximate surface area is 117 Å². The van der Waals surface area contributed by atoms with E-state index in [1.54, 1.807) is 17.5 Å². The Kier molecular flexibility index (Phi) is 3.05. The number of nitrogens with zero attached hydrogens (tertiary/aromatic N) is 4. The van der Waals surface area contributed by atoms with E-state index in [0.717, 1.165) is 22.6 Å². The molecule has 0 N–H and O–H groups in total. The predicted octanol–water partition coefficient (Wildman–Crippen LogP) is 3.19. The van der Waals surface area contributed by atoms with Crippen LogP contribution in [0.4, 0.5) is 5.82 Å². The maximum atomic E-state index is 4.52. The molecule has 92 valence electrons. The standard InChI is InChI=1S/C12H11BrN4S/c1-16(7-9-3-2-6-18-9)12-11-14-4-5-17(11)8-10(13)15-12/h2-6,8H,7H2,1H3. The third-order valence-electron chi connectivity index (χ3n) is 2.66. The number of rotatable bonds is 3. The number of hydrogen-bond donors (Lipinski definition) is 0. The molecule has 0 unspecified atom stereocenters. The van der Waals surface area contributed by atoms with E-state index in [2.05, 4.69) is 48.3 Å². The minimum Gasteiger partial charge on any atom is -0.351 e. The van der Waals surface area contributed by atoms with Gasteiger partial charge in [-0.1, -0.05) is 6.07 Å². The molecule has 3 aromatic rings. The van der Waals surface area contributed by atoms with Gasteiger partial charge in [0.25, 0.3) is 0 Å². The van der Waals surface area contributed by atoms with Crippen LogP contribution in [0.1, 0.15) is 4.88 Å². The summed E-state index contributed by atoms with van der Waals surface area (Å²) in [6.07, 6.45) is 5.61.